The van der Waals surface area contributed by atoms with Gasteiger partial charge in [-0.15, -0.1) is 0 Å². The highest BCUT2D eigenvalue weighted by Crippen LogP contribution is 2.33. The maximum Gasteiger partial charge on any atom is 0.175 e. The highest BCUT2D eigenvalue weighted by atomic mass is 32.2. The topological polar surface area (TPSA) is 89.8 Å². The molecule has 168 valence electrons. The van der Waals surface area contributed by atoms with Crippen LogP contribution in [-0.4, -0.2) is 47.5 Å². The lowest BCUT2D eigenvalue weighted by Gasteiger charge is -2.08. The van der Waals surface area contributed by atoms with E-state index in [1.165, 1.54) is 6.26 Å². The molecular formula is C25H25N5O2S. The second-order valence-electron chi connectivity index (χ2n) is 8.41. The molecule has 0 amide bonds. The highest BCUT2D eigenvalue weighted by Gasteiger charge is 2.22. The van der Waals surface area contributed by atoms with Crippen LogP contribution in [0.15, 0.2) is 71.9 Å². The van der Waals surface area contributed by atoms with E-state index in [9.17, 15) is 8.42 Å². The Labute approximate surface area is 193 Å². The average Bonchev–Trinajstić information content (AvgIpc) is 3.49. The third-order valence-corrected chi connectivity index (χ3v) is 7.05. The van der Waals surface area contributed by atoms with Crippen LogP contribution in [0.3, 0.4) is 0 Å². The molecule has 0 aliphatic carbocycles. The monoisotopic (exact) mass is 459 g/mol. The molecule has 1 saturated heterocycles. The number of pyridine rings is 2. The van der Waals surface area contributed by atoms with Crippen molar-refractivity contribution in [1.82, 2.24) is 25.1 Å². The first-order valence-corrected chi connectivity index (χ1v) is 12.8. The number of rotatable bonds is 5. The summed E-state index contributed by atoms with van der Waals surface area (Å²) in [5, 5.41) is 8.35. The summed E-state index contributed by atoms with van der Waals surface area (Å²) in [7, 11) is -3.24. The lowest BCUT2D eigenvalue weighted by Crippen LogP contribution is -2.13. The van der Waals surface area contributed by atoms with E-state index in [4.69, 9.17) is 10.1 Å². The van der Waals surface area contributed by atoms with Gasteiger partial charge in [0, 0.05) is 42.0 Å². The minimum Gasteiger partial charge on any atom is -0.315 e. The first-order chi connectivity index (χ1) is 15.9. The van der Waals surface area contributed by atoms with Crippen molar-refractivity contribution in [1.29, 1.82) is 0 Å². The first kappa shape index (κ1) is 21.5. The van der Waals surface area contributed by atoms with E-state index >= 15 is 0 Å². The predicted octanol–water partition coefficient (Wildman–Crippen LogP) is 3.92. The summed E-state index contributed by atoms with van der Waals surface area (Å²) in [6.07, 6.45) is 6.12. The van der Waals surface area contributed by atoms with Crippen molar-refractivity contribution < 1.29 is 8.42 Å². The standard InChI is InChI=1S/C25H25N5O2S/c1-17-4-3-5-23(28-17)25-22(16-30(29-25)20-11-12-26-15-20)19-10-13-27-24(14-19)18-6-8-21(9-7-18)33(2,31)32/h3-10,13-14,16,20,26H,11-12,15H2,1-2H3. The van der Waals surface area contributed by atoms with Gasteiger partial charge < -0.3 is 5.32 Å². The van der Waals surface area contributed by atoms with Gasteiger partial charge in [-0.1, -0.05) is 18.2 Å². The van der Waals surface area contributed by atoms with Crippen molar-refractivity contribution in [2.45, 2.75) is 24.3 Å². The van der Waals surface area contributed by atoms with Crippen molar-refractivity contribution in [3.05, 3.63) is 72.7 Å². The van der Waals surface area contributed by atoms with Gasteiger partial charge >= 0.3 is 0 Å². The molecular weight excluding hydrogens is 434 g/mol. The van der Waals surface area contributed by atoms with Crippen LogP contribution in [0.25, 0.3) is 33.8 Å². The van der Waals surface area contributed by atoms with Crippen LogP contribution in [0.4, 0.5) is 0 Å². The highest BCUT2D eigenvalue weighted by molar-refractivity contribution is 7.90. The van der Waals surface area contributed by atoms with Crippen LogP contribution in [0, 0.1) is 6.92 Å². The van der Waals surface area contributed by atoms with Crippen molar-refractivity contribution in [3.63, 3.8) is 0 Å². The van der Waals surface area contributed by atoms with Crippen molar-refractivity contribution >= 4 is 9.84 Å². The zero-order valence-electron chi connectivity index (χ0n) is 18.6. The molecule has 1 aromatic carbocycles. The Bertz CT molecular complexity index is 1410. The number of aryl methyl sites for hydroxylation is 1. The maximum atomic E-state index is 11.8. The lowest BCUT2D eigenvalue weighted by molar-refractivity contribution is 0.492. The third-order valence-electron chi connectivity index (χ3n) is 5.92. The summed E-state index contributed by atoms with van der Waals surface area (Å²) < 4.78 is 25.6. The Morgan fingerprint density at radius 2 is 1.85 bits per heavy atom. The second kappa shape index (κ2) is 8.53. The quantitative estimate of drug-likeness (QED) is 0.487. The van der Waals surface area contributed by atoms with Crippen LogP contribution >= 0.6 is 0 Å². The third kappa shape index (κ3) is 4.44. The smallest absolute Gasteiger partial charge is 0.175 e. The Morgan fingerprint density at radius 1 is 1.03 bits per heavy atom. The summed E-state index contributed by atoms with van der Waals surface area (Å²) in [6, 6.07) is 17.1. The molecule has 3 aromatic heterocycles. The minimum atomic E-state index is -3.24. The number of aromatic nitrogens is 4. The number of sulfone groups is 1. The predicted molar refractivity (Wildman–Crippen MR) is 128 cm³/mol. The fraction of sp³-hybridized carbons (Fsp3) is 0.240. The Morgan fingerprint density at radius 3 is 2.55 bits per heavy atom. The van der Waals surface area contributed by atoms with Crippen LogP contribution in [-0.2, 0) is 9.84 Å². The normalized spacial score (nSPS) is 16.2. The average molecular weight is 460 g/mol. The maximum absolute atomic E-state index is 11.8. The fourth-order valence-electron chi connectivity index (χ4n) is 4.15. The van der Waals surface area contributed by atoms with E-state index < -0.39 is 9.84 Å². The molecule has 8 heteroatoms. The zero-order chi connectivity index (χ0) is 23.0. The summed E-state index contributed by atoms with van der Waals surface area (Å²) in [4.78, 5) is 9.54. The molecule has 0 saturated carbocycles. The van der Waals surface area contributed by atoms with E-state index in [1.54, 1.807) is 30.5 Å². The van der Waals surface area contributed by atoms with E-state index in [0.29, 0.717) is 10.9 Å². The molecule has 33 heavy (non-hydrogen) atoms. The molecule has 4 heterocycles. The summed E-state index contributed by atoms with van der Waals surface area (Å²) in [5.74, 6) is 0. The van der Waals surface area contributed by atoms with Crippen molar-refractivity contribution in [2.75, 3.05) is 19.3 Å². The van der Waals surface area contributed by atoms with Gasteiger partial charge in [0.25, 0.3) is 0 Å². The number of hydrogen-bond acceptors (Lipinski definition) is 6. The molecule has 4 aromatic rings. The number of nitrogens with one attached hydrogen (secondary N) is 1. The number of nitrogens with zero attached hydrogens (tertiary/aromatic N) is 4. The number of hydrogen-bond donors (Lipinski definition) is 1. The largest absolute Gasteiger partial charge is 0.315 e. The molecule has 1 aliphatic rings. The van der Waals surface area contributed by atoms with Gasteiger partial charge in [0.15, 0.2) is 9.84 Å². The fourth-order valence-corrected chi connectivity index (χ4v) is 4.78. The molecule has 5 rings (SSSR count). The molecule has 0 bridgehead atoms. The van der Waals surface area contributed by atoms with Crippen LogP contribution < -0.4 is 5.32 Å². The van der Waals surface area contributed by atoms with Crippen LogP contribution in [0.5, 0.6) is 0 Å². The summed E-state index contributed by atoms with van der Waals surface area (Å²) in [5.41, 5.74) is 6.23. The first-order valence-electron chi connectivity index (χ1n) is 10.9. The van der Waals surface area contributed by atoms with E-state index in [1.807, 2.05) is 37.3 Å². The van der Waals surface area contributed by atoms with Crippen LogP contribution in [0.1, 0.15) is 18.2 Å². The molecule has 0 spiro atoms. The van der Waals surface area contributed by atoms with Gasteiger partial charge in [-0.05, 0) is 61.9 Å². The van der Waals surface area contributed by atoms with Gasteiger partial charge in [-0.25, -0.2) is 8.42 Å². The second-order valence-corrected chi connectivity index (χ2v) is 10.4. The van der Waals surface area contributed by atoms with Gasteiger partial charge in [-0.2, -0.15) is 5.10 Å². The molecule has 1 unspecified atom stereocenters. The SMILES string of the molecule is Cc1cccc(-c2nn(C3CCNC3)cc2-c2ccnc(-c3ccc(S(C)(=O)=O)cc3)c2)n1. The minimum absolute atomic E-state index is 0.293. The van der Waals surface area contributed by atoms with E-state index in [0.717, 1.165) is 59.0 Å². The Kier molecular flexibility index (Phi) is 5.55. The summed E-state index contributed by atoms with van der Waals surface area (Å²) >= 11 is 0. The number of benzene rings is 1. The van der Waals surface area contributed by atoms with Crippen molar-refractivity contribution in [3.8, 4) is 33.8 Å². The zero-order valence-corrected chi connectivity index (χ0v) is 19.4. The van der Waals surface area contributed by atoms with Gasteiger partial charge in [0.1, 0.15) is 5.69 Å². The molecule has 0 radical (unpaired) electrons. The molecule has 7 nitrogen and oxygen atoms in total. The molecule has 1 atom stereocenters. The van der Waals surface area contributed by atoms with E-state index in [-0.39, 0.29) is 0 Å². The van der Waals surface area contributed by atoms with Crippen molar-refractivity contribution in [2.24, 2.45) is 0 Å². The Hall–Kier alpha value is -3.36. The van der Waals surface area contributed by atoms with Gasteiger partial charge in [0.2, 0.25) is 0 Å². The Balaban J connectivity index is 1.59. The van der Waals surface area contributed by atoms with E-state index in [2.05, 4.69) is 21.2 Å². The van der Waals surface area contributed by atoms with Gasteiger partial charge in [0.05, 0.1) is 22.3 Å². The molecule has 1 aliphatic heterocycles. The summed E-state index contributed by atoms with van der Waals surface area (Å²) in [6.45, 7) is 3.86. The molecule has 1 N–H and O–H groups in total. The molecule has 1 fully saturated rings. The van der Waals surface area contributed by atoms with Crippen LogP contribution in [0.2, 0.25) is 0 Å². The van der Waals surface area contributed by atoms with Gasteiger partial charge in [-0.3, -0.25) is 14.6 Å². The lowest BCUT2D eigenvalue weighted by atomic mass is 10.0.